The van der Waals surface area contributed by atoms with Gasteiger partial charge in [0.25, 0.3) is 0 Å². The van der Waals surface area contributed by atoms with Gasteiger partial charge in [0, 0.05) is 17.0 Å². The van der Waals surface area contributed by atoms with Crippen LogP contribution in [0.25, 0.3) is 0 Å². The number of hydrogen-bond acceptors (Lipinski definition) is 4. The lowest BCUT2D eigenvalue weighted by atomic mass is 9.90. The molecule has 2 atom stereocenters. The van der Waals surface area contributed by atoms with Crippen LogP contribution in [0.5, 0.6) is 0 Å². The molecule has 2 unspecified atom stereocenters. The van der Waals surface area contributed by atoms with Crippen LogP contribution in [-0.4, -0.2) is 24.0 Å². The summed E-state index contributed by atoms with van der Waals surface area (Å²) in [5.74, 6) is 0.270. The number of hydrogen-bond donors (Lipinski definition) is 4. The van der Waals surface area contributed by atoms with Crippen molar-refractivity contribution >= 4 is 23.3 Å². The van der Waals surface area contributed by atoms with Crippen LogP contribution in [0, 0.1) is 5.92 Å². The lowest BCUT2D eigenvalue weighted by Gasteiger charge is -2.32. The normalized spacial score (nSPS) is 15.1. The molecule has 1 heterocycles. The van der Waals surface area contributed by atoms with E-state index in [0.717, 1.165) is 11.3 Å². The van der Waals surface area contributed by atoms with Gasteiger partial charge >= 0.3 is 6.03 Å². The van der Waals surface area contributed by atoms with Crippen LogP contribution in [-0.2, 0) is 4.79 Å². The molecule has 124 valence electrons. The molecule has 1 aromatic heterocycles. The molecule has 0 aromatic carbocycles. The highest BCUT2D eigenvalue weighted by Gasteiger charge is 2.27. The minimum atomic E-state index is -0.644. The molecule has 3 amide bonds. The summed E-state index contributed by atoms with van der Waals surface area (Å²) in [7, 11) is 0. The van der Waals surface area contributed by atoms with Crippen molar-refractivity contribution in [2.75, 3.05) is 6.54 Å². The Labute approximate surface area is 135 Å². The molecule has 22 heavy (non-hydrogen) atoms. The summed E-state index contributed by atoms with van der Waals surface area (Å²) in [6, 6.07) is 2.68. The summed E-state index contributed by atoms with van der Waals surface area (Å²) < 4.78 is 0. The van der Waals surface area contributed by atoms with Crippen LogP contribution in [0.2, 0.25) is 0 Å². The molecular formula is C15H26N4O2S. The fourth-order valence-electron chi connectivity index (χ4n) is 2.54. The maximum Gasteiger partial charge on any atom is 0.312 e. The molecule has 0 radical (unpaired) electrons. The minimum absolute atomic E-state index is 0.136. The van der Waals surface area contributed by atoms with Crippen LogP contribution in [0.4, 0.5) is 4.79 Å². The average molecular weight is 326 g/mol. The van der Waals surface area contributed by atoms with E-state index in [1.54, 1.807) is 0 Å². The number of urea groups is 1. The highest BCUT2D eigenvalue weighted by molar-refractivity contribution is 7.10. The second-order valence-electron chi connectivity index (χ2n) is 6.19. The number of rotatable bonds is 8. The van der Waals surface area contributed by atoms with Crippen LogP contribution in [0.15, 0.2) is 17.5 Å². The SMILES string of the molecule is CC(C)CC(C)(CN)NC(=O)CC(NC(N)=O)c1cccs1. The number of nitrogens with one attached hydrogen (secondary N) is 2. The monoisotopic (exact) mass is 326 g/mol. The first-order chi connectivity index (χ1) is 10.3. The zero-order valence-electron chi connectivity index (χ0n) is 13.4. The van der Waals surface area contributed by atoms with Crippen molar-refractivity contribution in [3.63, 3.8) is 0 Å². The van der Waals surface area contributed by atoms with E-state index in [0.29, 0.717) is 12.5 Å². The largest absolute Gasteiger partial charge is 0.352 e. The fraction of sp³-hybridized carbons (Fsp3) is 0.600. The van der Waals surface area contributed by atoms with Crippen molar-refractivity contribution in [3.05, 3.63) is 22.4 Å². The first-order valence-corrected chi connectivity index (χ1v) is 8.24. The molecule has 0 fully saturated rings. The highest BCUT2D eigenvalue weighted by atomic mass is 32.1. The maximum atomic E-state index is 12.3. The molecule has 0 saturated heterocycles. The van der Waals surface area contributed by atoms with Gasteiger partial charge < -0.3 is 22.1 Å². The summed E-state index contributed by atoms with van der Waals surface area (Å²) >= 11 is 1.47. The van der Waals surface area contributed by atoms with E-state index in [9.17, 15) is 9.59 Å². The quantitative estimate of drug-likeness (QED) is 0.584. The first-order valence-electron chi connectivity index (χ1n) is 7.36. The Morgan fingerprint density at radius 3 is 2.55 bits per heavy atom. The first kappa shape index (κ1) is 18.4. The van der Waals surface area contributed by atoms with Crippen molar-refractivity contribution in [1.82, 2.24) is 10.6 Å². The number of nitrogens with two attached hydrogens (primary N) is 2. The molecular weight excluding hydrogens is 300 g/mol. The zero-order chi connectivity index (χ0) is 16.8. The molecule has 1 rings (SSSR count). The van der Waals surface area contributed by atoms with Crippen molar-refractivity contribution in [1.29, 1.82) is 0 Å². The smallest absolute Gasteiger partial charge is 0.312 e. The van der Waals surface area contributed by atoms with Crippen molar-refractivity contribution < 1.29 is 9.59 Å². The molecule has 7 heteroatoms. The predicted molar refractivity (Wildman–Crippen MR) is 89.5 cm³/mol. The second kappa shape index (κ2) is 8.14. The maximum absolute atomic E-state index is 12.3. The predicted octanol–water partition coefficient (Wildman–Crippen LogP) is 1.73. The number of thiophene rings is 1. The number of primary amides is 1. The lowest BCUT2D eigenvalue weighted by molar-refractivity contribution is -0.123. The topological polar surface area (TPSA) is 110 Å². The molecule has 1 aromatic rings. The Morgan fingerprint density at radius 1 is 1.41 bits per heavy atom. The Bertz CT molecular complexity index is 490. The van der Waals surface area contributed by atoms with Crippen LogP contribution in [0.3, 0.4) is 0 Å². The van der Waals surface area contributed by atoms with Crippen molar-refractivity contribution in [2.45, 2.75) is 45.2 Å². The number of carbonyl (C=O) groups excluding carboxylic acids is 2. The summed E-state index contributed by atoms with van der Waals surface area (Å²) in [5.41, 5.74) is 10.6. The fourth-order valence-corrected chi connectivity index (χ4v) is 3.32. The molecule has 0 spiro atoms. The van der Waals surface area contributed by atoms with E-state index in [-0.39, 0.29) is 12.3 Å². The van der Waals surface area contributed by atoms with Gasteiger partial charge in [-0.3, -0.25) is 4.79 Å². The van der Waals surface area contributed by atoms with Gasteiger partial charge in [-0.1, -0.05) is 19.9 Å². The second-order valence-corrected chi connectivity index (χ2v) is 7.17. The van der Waals surface area contributed by atoms with Crippen molar-refractivity contribution in [2.24, 2.45) is 17.4 Å². The number of carbonyl (C=O) groups is 2. The Hall–Kier alpha value is -1.60. The summed E-state index contributed by atoms with van der Waals surface area (Å²) in [4.78, 5) is 24.4. The third-order valence-corrected chi connectivity index (χ3v) is 4.33. The van der Waals surface area contributed by atoms with E-state index in [1.165, 1.54) is 11.3 Å². The minimum Gasteiger partial charge on any atom is -0.352 e. The third-order valence-electron chi connectivity index (χ3n) is 3.34. The van der Waals surface area contributed by atoms with Crippen LogP contribution < -0.4 is 22.1 Å². The van der Waals surface area contributed by atoms with E-state index in [2.05, 4.69) is 24.5 Å². The molecule has 0 aliphatic carbocycles. The Kier molecular flexibility index (Phi) is 6.83. The summed E-state index contributed by atoms with van der Waals surface area (Å²) in [6.07, 6.45) is 0.930. The lowest BCUT2D eigenvalue weighted by Crippen LogP contribution is -2.52. The van der Waals surface area contributed by atoms with Crippen LogP contribution in [0.1, 0.15) is 44.5 Å². The molecule has 0 saturated carbocycles. The highest BCUT2D eigenvalue weighted by Crippen LogP contribution is 2.23. The van der Waals surface area contributed by atoms with E-state index in [1.807, 2.05) is 24.4 Å². The van der Waals surface area contributed by atoms with E-state index < -0.39 is 17.6 Å². The molecule has 6 nitrogen and oxygen atoms in total. The van der Waals surface area contributed by atoms with E-state index >= 15 is 0 Å². The molecule has 0 bridgehead atoms. The Balaban J connectivity index is 2.72. The van der Waals surface area contributed by atoms with Gasteiger partial charge in [-0.2, -0.15) is 0 Å². The number of amides is 3. The Morgan fingerprint density at radius 2 is 2.09 bits per heavy atom. The van der Waals surface area contributed by atoms with Gasteiger partial charge in [-0.05, 0) is 30.7 Å². The molecule has 6 N–H and O–H groups in total. The third kappa shape index (κ3) is 6.03. The van der Waals surface area contributed by atoms with E-state index in [4.69, 9.17) is 11.5 Å². The van der Waals surface area contributed by atoms with Gasteiger partial charge in [0.05, 0.1) is 12.5 Å². The molecule has 0 aliphatic rings. The van der Waals surface area contributed by atoms with Gasteiger partial charge in [0.2, 0.25) is 5.91 Å². The average Bonchev–Trinajstić information content (AvgIpc) is 2.89. The van der Waals surface area contributed by atoms with Crippen molar-refractivity contribution in [3.8, 4) is 0 Å². The standard InChI is InChI=1S/C15H26N4O2S/c1-10(2)8-15(3,9-16)19-13(20)7-11(18-14(17)21)12-5-4-6-22-12/h4-6,10-11H,7-9,16H2,1-3H3,(H,19,20)(H3,17,18,21). The van der Waals surface area contributed by atoms with Gasteiger partial charge in [-0.25, -0.2) is 4.79 Å². The van der Waals surface area contributed by atoms with Crippen LogP contribution >= 0.6 is 11.3 Å². The summed E-state index contributed by atoms with van der Waals surface area (Å²) in [5, 5.41) is 7.50. The summed E-state index contributed by atoms with van der Waals surface area (Å²) in [6.45, 7) is 6.47. The molecule has 0 aliphatic heterocycles. The van der Waals surface area contributed by atoms with Gasteiger partial charge in [0.15, 0.2) is 0 Å². The zero-order valence-corrected chi connectivity index (χ0v) is 14.2. The van der Waals surface area contributed by atoms with Gasteiger partial charge in [0.1, 0.15) is 0 Å². The van der Waals surface area contributed by atoms with Gasteiger partial charge in [-0.15, -0.1) is 11.3 Å².